The highest BCUT2D eigenvalue weighted by atomic mass is 16.4. The van der Waals surface area contributed by atoms with Crippen LogP contribution in [-0.4, -0.2) is 42.7 Å². The highest BCUT2D eigenvalue weighted by Crippen LogP contribution is 1.98. The molecule has 1 unspecified atom stereocenters. The normalized spacial score (nSPS) is 13.9. The summed E-state index contributed by atoms with van der Waals surface area (Å²) in [6.07, 6.45) is 1.30. The first-order chi connectivity index (χ1) is 7.47. The minimum absolute atomic E-state index is 0.163. The van der Waals surface area contributed by atoms with Gasteiger partial charge in [0.15, 0.2) is 5.96 Å². The van der Waals surface area contributed by atoms with Crippen molar-refractivity contribution in [1.82, 2.24) is 10.6 Å². The standard InChI is InChI=1S/C10H22N4O2/c1-7(2)14-8(9(15)16)5-4-6-13-10(11)12-3/h7-8,14H,4-6H2,1-3H3,(H,15,16)(H3,11,12,13). The molecule has 0 rings (SSSR count). The molecule has 0 heterocycles. The van der Waals surface area contributed by atoms with Crippen LogP contribution < -0.4 is 16.4 Å². The summed E-state index contributed by atoms with van der Waals surface area (Å²) in [4.78, 5) is 14.6. The van der Waals surface area contributed by atoms with Gasteiger partial charge < -0.3 is 21.5 Å². The molecule has 0 saturated carbocycles. The second-order valence-corrected chi connectivity index (χ2v) is 3.89. The van der Waals surface area contributed by atoms with Crippen molar-refractivity contribution in [1.29, 1.82) is 0 Å². The van der Waals surface area contributed by atoms with Crippen LogP contribution in [0.2, 0.25) is 0 Å². The SMILES string of the molecule is CN=C(N)NCCCC(NC(C)C)C(=O)O. The van der Waals surface area contributed by atoms with Crippen LogP contribution in [0.15, 0.2) is 4.99 Å². The predicted octanol–water partition coefficient (Wildman–Crippen LogP) is -0.248. The number of nitrogens with zero attached hydrogens (tertiary/aromatic N) is 1. The van der Waals surface area contributed by atoms with Crippen LogP contribution in [-0.2, 0) is 4.79 Å². The number of aliphatic carboxylic acids is 1. The van der Waals surface area contributed by atoms with E-state index in [0.717, 1.165) is 6.42 Å². The fourth-order valence-electron chi connectivity index (χ4n) is 1.28. The van der Waals surface area contributed by atoms with E-state index in [1.54, 1.807) is 7.05 Å². The van der Waals surface area contributed by atoms with Crippen molar-refractivity contribution in [3.8, 4) is 0 Å². The quantitative estimate of drug-likeness (QED) is 0.274. The Balaban J connectivity index is 3.81. The number of hydrogen-bond donors (Lipinski definition) is 4. The largest absolute Gasteiger partial charge is 0.480 e. The lowest BCUT2D eigenvalue weighted by Crippen LogP contribution is -2.41. The number of hydrogen-bond acceptors (Lipinski definition) is 3. The number of nitrogens with one attached hydrogen (secondary N) is 2. The molecule has 0 aliphatic carbocycles. The van der Waals surface area contributed by atoms with Crippen LogP contribution >= 0.6 is 0 Å². The van der Waals surface area contributed by atoms with Gasteiger partial charge in [-0.25, -0.2) is 0 Å². The first-order valence-corrected chi connectivity index (χ1v) is 5.42. The van der Waals surface area contributed by atoms with Gasteiger partial charge in [-0.1, -0.05) is 13.8 Å². The number of guanidine groups is 1. The third kappa shape index (κ3) is 7.05. The van der Waals surface area contributed by atoms with Gasteiger partial charge >= 0.3 is 5.97 Å². The predicted molar refractivity (Wildman–Crippen MR) is 64.5 cm³/mol. The maximum atomic E-state index is 10.9. The van der Waals surface area contributed by atoms with E-state index in [9.17, 15) is 4.79 Å². The maximum absolute atomic E-state index is 10.9. The van der Waals surface area contributed by atoms with E-state index in [0.29, 0.717) is 18.9 Å². The summed E-state index contributed by atoms with van der Waals surface area (Å²) in [5.41, 5.74) is 5.44. The molecule has 0 amide bonds. The second kappa shape index (κ2) is 7.92. The summed E-state index contributed by atoms with van der Waals surface area (Å²) in [6, 6.07) is -0.335. The zero-order valence-electron chi connectivity index (χ0n) is 10.2. The Morgan fingerprint density at radius 1 is 1.50 bits per heavy atom. The van der Waals surface area contributed by atoms with Gasteiger partial charge in [0.25, 0.3) is 0 Å². The Hall–Kier alpha value is -1.30. The summed E-state index contributed by atoms with van der Waals surface area (Å²) < 4.78 is 0. The van der Waals surface area contributed by atoms with Crippen LogP contribution in [0, 0.1) is 0 Å². The topological polar surface area (TPSA) is 99.7 Å². The van der Waals surface area contributed by atoms with Crippen molar-refractivity contribution in [3.05, 3.63) is 0 Å². The molecule has 16 heavy (non-hydrogen) atoms. The molecule has 5 N–H and O–H groups in total. The van der Waals surface area contributed by atoms with Crippen molar-refractivity contribution in [2.45, 2.75) is 38.8 Å². The van der Waals surface area contributed by atoms with Crippen LogP contribution in [0.4, 0.5) is 0 Å². The van der Waals surface area contributed by atoms with E-state index in [4.69, 9.17) is 10.8 Å². The molecule has 0 aliphatic heterocycles. The van der Waals surface area contributed by atoms with Gasteiger partial charge in [0.2, 0.25) is 0 Å². The van der Waals surface area contributed by atoms with Gasteiger partial charge in [0.05, 0.1) is 0 Å². The molecule has 0 bridgehead atoms. The zero-order chi connectivity index (χ0) is 12.6. The van der Waals surface area contributed by atoms with Gasteiger partial charge in [-0.3, -0.25) is 9.79 Å². The van der Waals surface area contributed by atoms with E-state index in [1.165, 1.54) is 0 Å². The first kappa shape index (κ1) is 14.7. The summed E-state index contributed by atoms with van der Waals surface area (Å²) in [6.45, 7) is 4.48. The molecular formula is C10H22N4O2. The Morgan fingerprint density at radius 2 is 2.12 bits per heavy atom. The van der Waals surface area contributed by atoms with Crippen molar-refractivity contribution < 1.29 is 9.90 Å². The summed E-state index contributed by atoms with van der Waals surface area (Å²) in [7, 11) is 1.60. The first-order valence-electron chi connectivity index (χ1n) is 5.42. The molecule has 94 valence electrons. The van der Waals surface area contributed by atoms with Crippen LogP contribution in [0.5, 0.6) is 0 Å². The number of carboxylic acids is 1. The Bertz CT molecular complexity index is 241. The monoisotopic (exact) mass is 230 g/mol. The van der Waals surface area contributed by atoms with Crippen LogP contribution in [0.3, 0.4) is 0 Å². The van der Waals surface area contributed by atoms with Crippen LogP contribution in [0.25, 0.3) is 0 Å². The van der Waals surface area contributed by atoms with Gasteiger partial charge in [0.1, 0.15) is 6.04 Å². The maximum Gasteiger partial charge on any atom is 0.320 e. The minimum atomic E-state index is -0.814. The van der Waals surface area contributed by atoms with E-state index < -0.39 is 12.0 Å². The highest BCUT2D eigenvalue weighted by molar-refractivity contribution is 5.77. The molecule has 0 saturated heterocycles. The third-order valence-electron chi connectivity index (χ3n) is 2.05. The summed E-state index contributed by atoms with van der Waals surface area (Å²) in [5, 5.41) is 14.8. The van der Waals surface area contributed by atoms with E-state index in [-0.39, 0.29) is 6.04 Å². The molecular weight excluding hydrogens is 208 g/mol. The second-order valence-electron chi connectivity index (χ2n) is 3.89. The number of carboxylic acid groups (broad SMARTS) is 1. The number of carbonyl (C=O) groups is 1. The number of rotatable bonds is 7. The average Bonchev–Trinajstić information content (AvgIpc) is 2.21. The smallest absolute Gasteiger partial charge is 0.320 e. The van der Waals surface area contributed by atoms with E-state index in [2.05, 4.69) is 15.6 Å². The summed E-state index contributed by atoms with van der Waals surface area (Å²) in [5.74, 6) is -0.436. The van der Waals surface area contributed by atoms with Crippen molar-refractivity contribution in [2.24, 2.45) is 10.7 Å². The van der Waals surface area contributed by atoms with Crippen molar-refractivity contribution >= 4 is 11.9 Å². The number of nitrogens with two attached hydrogens (primary N) is 1. The lowest BCUT2D eigenvalue weighted by Gasteiger charge is -2.17. The molecule has 0 aromatic heterocycles. The van der Waals surface area contributed by atoms with Gasteiger partial charge in [-0.2, -0.15) is 0 Å². The van der Waals surface area contributed by atoms with Crippen molar-refractivity contribution in [3.63, 3.8) is 0 Å². The lowest BCUT2D eigenvalue weighted by molar-refractivity contribution is -0.139. The average molecular weight is 230 g/mol. The van der Waals surface area contributed by atoms with E-state index in [1.807, 2.05) is 13.8 Å². The molecule has 6 nitrogen and oxygen atoms in total. The number of aliphatic imine (C=N–C) groups is 1. The fourth-order valence-corrected chi connectivity index (χ4v) is 1.28. The molecule has 0 radical (unpaired) electrons. The zero-order valence-corrected chi connectivity index (χ0v) is 10.2. The molecule has 6 heteroatoms. The van der Waals surface area contributed by atoms with Crippen LogP contribution in [0.1, 0.15) is 26.7 Å². The van der Waals surface area contributed by atoms with Gasteiger partial charge in [0, 0.05) is 19.6 Å². The molecule has 0 aromatic rings. The highest BCUT2D eigenvalue weighted by Gasteiger charge is 2.16. The Kier molecular flexibility index (Phi) is 7.28. The Morgan fingerprint density at radius 3 is 2.56 bits per heavy atom. The molecule has 0 aromatic carbocycles. The lowest BCUT2D eigenvalue weighted by atomic mass is 10.1. The Labute approximate surface area is 96.3 Å². The third-order valence-corrected chi connectivity index (χ3v) is 2.05. The summed E-state index contributed by atoms with van der Waals surface area (Å²) >= 11 is 0. The molecule has 0 spiro atoms. The molecule has 0 fully saturated rings. The van der Waals surface area contributed by atoms with Crippen molar-refractivity contribution in [2.75, 3.05) is 13.6 Å². The molecule has 0 aliphatic rings. The minimum Gasteiger partial charge on any atom is -0.480 e. The van der Waals surface area contributed by atoms with Gasteiger partial charge in [-0.05, 0) is 12.8 Å². The molecule has 1 atom stereocenters. The van der Waals surface area contributed by atoms with E-state index >= 15 is 0 Å². The van der Waals surface area contributed by atoms with Gasteiger partial charge in [-0.15, -0.1) is 0 Å². The fraction of sp³-hybridized carbons (Fsp3) is 0.800.